The van der Waals surface area contributed by atoms with Gasteiger partial charge in [-0.15, -0.1) is 11.3 Å². The van der Waals surface area contributed by atoms with Gasteiger partial charge < -0.3 is 14.7 Å². The highest BCUT2D eigenvalue weighted by Gasteiger charge is 2.41. The Balaban J connectivity index is 1.74. The fourth-order valence-electron chi connectivity index (χ4n) is 4.36. The first kappa shape index (κ1) is 28.5. The van der Waals surface area contributed by atoms with Crippen molar-refractivity contribution in [2.24, 2.45) is 5.92 Å². The Bertz CT molecular complexity index is 1120. The van der Waals surface area contributed by atoms with Crippen molar-refractivity contribution in [3.8, 4) is 10.4 Å². The predicted octanol–water partition coefficient (Wildman–Crippen LogP) is 6.78. The van der Waals surface area contributed by atoms with Crippen molar-refractivity contribution < 1.29 is 24.2 Å². The zero-order valence-electron chi connectivity index (χ0n) is 21.1. The number of thiophene rings is 1. The predicted molar refractivity (Wildman–Crippen MR) is 146 cm³/mol. The Morgan fingerprint density at radius 3 is 2.31 bits per heavy atom. The van der Waals surface area contributed by atoms with Gasteiger partial charge in [-0.25, -0.2) is 9.59 Å². The summed E-state index contributed by atoms with van der Waals surface area (Å²) in [7, 11) is 0. The van der Waals surface area contributed by atoms with E-state index in [9.17, 15) is 19.5 Å². The van der Waals surface area contributed by atoms with Crippen LogP contribution in [0.15, 0.2) is 34.1 Å². The van der Waals surface area contributed by atoms with Gasteiger partial charge in [-0.05, 0) is 73.7 Å². The highest BCUT2D eigenvalue weighted by molar-refractivity contribution is 9.10. The van der Waals surface area contributed by atoms with Crippen LogP contribution < -0.4 is 0 Å². The van der Waals surface area contributed by atoms with Crippen molar-refractivity contribution in [1.29, 1.82) is 0 Å². The summed E-state index contributed by atoms with van der Waals surface area (Å²) >= 11 is 11.5. The van der Waals surface area contributed by atoms with Crippen LogP contribution in [-0.4, -0.2) is 63.7 Å². The zero-order chi connectivity index (χ0) is 26.8. The fraction of sp³-hybridized carbons (Fsp3) is 0.500. The standard InChI is InChI=1S/C26H32BrClN2O5S/c1-15(2)22(24(32)33)30(25(34)35-26(3,4)5)18-8-10-29(11-9-18)23(31)16-6-7-19(20(28)12-16)21-13-17(27)14-36-21/h6-7,12-15,18,22H,8-11H2,1-5H3,(H,32,33). The Labute approximate surface area is 229 Å². The Kier molecular flexibility index (Phi) is 9.11. The summed E-state index contributed by atoms with van der Waals surface area (Å²) < 4.78 is 6.54. The third-order valence-corrected chi connectivity index (χ3v) is 8.02. The molecule has 1 aromatic carbocycles. The maximum absolute atomic E-state index is 13.2. The van der Waals surface area contributed by atoms with Gasteiger partial charge in [-0.3, -0.25) is 9.69 Å². The van der Waals surface area contributed by atoms with Gasteiger partial charge in [0.1, 0.15) is 11.6 Å². The molecule has 1 atom stereocenters. The van der Waals surface area contributed by atoms with Crippen molar-refractivity contribution in [1.82, 2.24) is 9.80 Å². The van der Waals surface area contributed by atoms with E-state index in [0.29, 0.717) is 36.5 Å². The van der Waals surface area contributed by atoms with Crippen LogP contribution in [-0.2, 0) is 9.53 Å². The molecule has 0 bridgehead atoms. The molecule has 3 rings (SSSR count). The van der Waals surface area contributed by atoms with Gasteiger partial charge in [0.15, 0.2) is 0 Å². The number of ether oxygens (including phenoxy) is 1. The van der Waals surface area contributed by atoms with Crippen molar-refractivity contribution in [3.05, 3.63) is 44.7 Å². The number of benzene rings is 1. The summed E-state index contributed by atoms with van der Waals surface area (Å²) in [4.78, 5) is 42.5. The molecular weight excluding hydrogens is 568 g/mol. The number of piperidine rings is 1. The molecule has 1 unspecified atom stereocenters. The number of amides is 2. The highest BCUT2D eigenvalue weighted by atomic mass is 79.9. The largest absolute Gasteiger partial charge is 0.480 e. The number of carbonyl (C=O) groups is 3. The molecule has 1 aromatic heterocycles. The number of hydrogen-bond acceptors (Lipinski definition) is 5. The molecule has 1 saturated heterocycles. The Morgan fingerprint density at radius 1 is 1.19 bits per heavy atom. The maximum atomic E-state index is 13.2. The van der Waals surface area contributed by atoms with Gasteiger partial charge in [0.25, 0.3) is 5.91 Å². The van der Waals surface area contributed by atoms with E-state index in [-0.39, 0.29) is 17.9 Å². The molecule has 36 heavy (non-hydrogen) atoms. The number of carbonyl (C=O) groups excluding carboxylic acids is 2. The molecule has 0 spiro atoms. The van der Waals surface area contributed by atoms with Crippen LogP contribution in [0.1, 0.15) is 57.8 Å². The molecule has 7 nitrogen and oxygen atoms in total. The van der Waals surface area contributed by atoms with Crippen LogP contribution in [0.3, 0.4) is 0 Å². The lowest BCUT2D eigenvalue weighted by molar-refractivity contribution is -0.146. The minimum Gasteiger partial charge on any atom is -0.480 e. The zero-order valence-corrected chi connectivity index (χ0v) is 24.2. The molecule has 1 N–H and O–H groups in total. The number of carboxylic acids is 1. The maximum Gasteiger partial charge on any atom is 0.411 e. The minimum absolute atomic E-state index is 0.142. The smallest absolute Gasteiger partial charge is 0.411 e. The van der Waals surface area contributed by atoms with Crippen LogP contribution in [0, 0.1) is 5.92 Å². The van der Waals surface area contributed by atoms with Crippen molar-refractivity contribution >= 4 is 56.8 Å². The first-order valence-corrected chi connectivity index (χ1v) is 13.9. The monoisotopic (exact) mass is 598 g/mol. The number of rotatable bonds is 6. The van der Waals surface area contributed by atoms with Crippen LogP contribution in [0.4, 0.5) is 4.79 Å². The Morgan fingerprint density at radius 2 is 1.83 bits per heavy atom. The summed E-state index contributed by atoms with van der Waals surface area (Å²) in [6, 6.07) is 5.92. The summed E-state index contributed by atoms with van der Waals surface area (Å²) in [5.74, 6) is -1.52. The normalized spacial score (nSPS) is 15.6. The quantitative estimate of drug-likeness (QED) is 0.395. The van der Waals surface area contributed by atoms with E-state index in [1.165, 1.54) is 4.90 Å². The van der Waals surface area contributed by atoms with E-state index in [4.69, 9.17) is 16.3 Å². The lowest BCUT2D eigenvalue weighted by Crippen LogP contribution is -2.57. The van der Waals surface area contributed by atoms with Crippen LogP contribution >= 0.6 is 38.9 Å². The number of nitrogens with zero attached hydrogens (tertiary/aromatic N) is 2. The van der Waals surface area contributed by atoms with Crippen molar-refractivity contribution in [2.45, 2.75) is 65.1 Å². The van der Waals surface area contributed by atoms with E-state index in [1.807, 2.05) is 17.5 Å². The molecule has 0 radical (unpaired) electrons. The van der Waals surface area contributed by atoms with Crippen LogP contribution in [0.25, 0.3) is 10.4 Å². The SMILES string of the molecule is CC(C)C(C(=O)O)N(C(=O)OC(C)(C)C)C1CCN(C(=O)c2ccc(-c3cc(Br)cs3)c(Cl)c2)CC1. The number of likely N-dealkylation sites (tertiary alicyclic amines) is 1. The van der Waals surface area contributed by atoms with Gasteiger partial charge in [0.05, 0.1) is 5.02 Å². The third kappa shape index (κ3) is 6.81. The van der Waals surface area contributed by atoms with E-state index in [2.05, 4.69) is 15.9 Å². The first-order valence-electron chi connectivity index (χ1n) is 11.9. The fourth-order valence-corrected chi connectivity index (χ4v) is 6.17. The minimum atomic E-state index is -1.07. The van der Waals surface area contributed by atoms with E-state index < -0.39 is 23.7 Å². The lowest BCUT2D eigenvalue weighted by atomic mass is 9.96. The average molecular weight is 600 g/mol. The van der Waals surface area contributed by atoms with Gasteiger partial charge >= 0.3 is 12.1 Å². The van der Waals surface area contributed by atoms with Gasteiger partial charge in [-0.1, -0.05) is 31.5 Å². The number of aliphatic carboxylic acids is 1. The van der Waals surface area contributed by atoms with Crippen LogP contribution in [0.5, 0.6) is 0 Å². The van der Waals surface area contributed by atoms with Crippen LogP contribution in [0.2, 0.25) is 5.02 Å². The molecule has 0 aliphatic carbocycles. The van der Waals surface area contributed by atoms with Gasteiger partial charge in [0, 0.05) is 45.0 Å². The van der Waals surface area contributed by atoms with Crippen molar-refractivity contribution in [2.75, 3.05) is 13.1 Å². The molecule has 1 aliphatic heterocycles. The van der Waals surface area contributed by atoms with Gasteiger partial charge in [-0.2, -0.15) is 0 Å². The summed E-state index contributed by atoms with van der Waals surface area (Å²) in [6.07, 6.45) is 0.267. The van der Waals surface area contributed by atoms with E-state index in [1.54, 1.807) is 63.0 Å². The third-order valence-electron chi connectivity index (χ3n) is 5.98. The highest BCUT2D eigenvalue weighted by Crippen LogP contribution is 2.35. The second kappa shape index (κ2) is 11.5. The molecule has 2 heterocycles. The lowest BCUT2D eigenvalue weighted by Gasteiger charge is -2.42. The number of halogens is 2. The Hall–Kier alpha value is -2.10. The van der Waals surface area contributed by atoms with E-state index in [0.717, 1.165) is 14.9 Å². The molecule has 196 valence electrons. The summed E-state index contributed by atoms with van der Waals surface area (Å²) in [5, 5.41) is 12.4. The molecule has 1 fully saturated rings. The molecule has 1 aliphatic rings. The summed E-state index contributed by atoms with van der Waals surface area (Å²) in [6.45, 7) is 9.60. The topological polar surface area (TPSA) is 87.2 Å². The number of carboxylic acid groups (broad SMARTS) is 1. The van der Waals surface area contributed by atoms with Gasteiger partial charge in [0.2, 0.25) is 0 Å². The molecule has 2 aromatic rings. The summed E-state index contributed by atoms with van der Waals surface area (Å²) in [5.41, 5.74) is 0.604. The molecule has 0 saturated carbocycles. The molecule has 10 heteroatoms. The number of hydrogen-bond donors (Lipinski definition) is 1. The van der Waals surface area contributed by atoms with E-state index >= 15 is 0 Å². The molecule has 2 amide bonds. The second-order valence-electron chi connectivity index (χ2n) is 10.3. The van der Waals surface area contributed by atoms with Crippen molar-refractivity contribution in [3.63, 3.8) is 0 Å². The average Bonchev–Trinajstić information content (AvgIpc) is 3.21. The second-order valence-corrected chi connectivity index (χ2v) is 12.5. The first-order chi connectivity index (χ1) is 16.8. The molecular formula is C26H32BrClN2O5S.